The largest absolute Gasteiger partial charge is 0.490 e. The number of pyridine rings is 1. The molecule has 0 spiro atoms. The van der Waals surface area contributed by atoms with Crippen molar-refractivity contribution in [2.75, 3.05) is 44.9 Å². The number of benzene rings is 1. The van der Waals surface area contributed by atoms with Gasteiger partial charge in [0.15, 0.2) is 0 Å². The summed E-state index contributed by atoms with van der Waals surface area (Å²) in [6.45, 7) is 3.05. The third-order valence-electron chi connectivity index (χ3n) is 6.29. The summed E-state index contributed by atoms with van der Waals surface area (Å²) < 4.78 is 37.1. The second-order valence-electron chi connectivity index (χ2n) is 9.07. The van der Waals surface area contributed by atoms with Crippen LogP contribution in [0.15, 0.2) is 53.8 Å². The third-order valence-corrected chi connectivity index (χ3v) is 6.29. The summed E-state index contributed by atoms with van der Waals surface area (Å²) in [6.07, 6.45) is -0.878. The van der Waals surface area contributed by atoms with Crippen LogP contribution in [0, 0.1) is 0 Å². The van der Waals surface area contributed by atoms with Gasteiger partial charge in [-0.2, -0.15) is 18.3 Å². The Labute approximate surface area is 232 Å². The summed E-state index contributed by atoms with van der Waals surface area (Å²) >= 11 is 0. The van der Waals surface area contributed by atoms with Gasteiger partial charge >= 0.3 is 12.1 Å². The molecule has 3 aromatic rings. The maximum atomic E-state index is 12.6. The van der Waals surface area contributed by atoms with E-state index in [9.17, 15) is 22.8 Å². The Bertz CT molecular complexity index is 1430. The molecule has 216 valence electrons. The van der Waals surface area contributed by atoms with E-state index in [2.05, 4.69) is 20.4 Å². The standard InChI is InChI=1S/C25H26N6O3.C2HF3O2/c1-30(20-4-2-17(3-5-20)25(33)31-10-12-34-13-11-31)28-16-19-14-18(6-8-26-19)23-15-21-22(29-23)7-9-27-24(21)32;3-2(4,5)1(6)7/h2-6,8,14-16,29H,7,9-13H2,1H3,(H,27,32);(H,6,7)/b28-16+;. The lowest BCUT2D eigenvalue weighted by atomic mass is 10.1. The molecule has 1 aromatic carbocycles. The number of H-pyrrole nitrogens is 1. The Morgan fingerprint density at radius 3 is 2.46 bits per heavy atom. The van der Waals surface area contributed by atoms with Crippen molar-refractivity contribution in [3.05, 3.63) is 71.2 Å². The minimum Gasteiger partial charge on any atom is -0.475 e. The maximum absolute atomic E-state index is 12.6. The van der Waals surface area contributed by atoms with Crippen molar-refractivity contribution in [3.8, 4) is 11.3 Å². The van der Waals surface area contributed by atoms with E-state index in [0.717, 1.165) is 29.1 Å². The van der Waals surface area contributed by atoms with E-state index < -0.39 is 12.1 Å². The number of anilines is 1. The molecule has 11 nitrogen and oxygen atoms in total. The monoisotopic (exact) mass is 572 g/mol. The number of carbonyl (C=O) groups excluding carboxylic acids is 2. The van der Waals surface area contributed by atoms with E-state index >= 15 is 0 Å². The van der Waals surface area contributed by atoms with E-state index in [0.29, 0.717) is 49.7 Å². The van der Waals surface area contributed by atoms with Gasteiger partial charge in [0.25, 0.3) is 11.8 Å². The number of hydrogen-bond acceptors (Lipinski definition) is 7. The second-order valence-corrected chi connectivity index (χ2v) is 9.07. The number of morpholine rings is 1. The van der Waals surface area contributed by atoms with E-state index in [-0.39, 0.29) is 11.8 Å². The molecular formula is C27H27F3N6O5. The first kappa shape index (κ1) is 29.3. The molecule has 0 unspecified atom stereocenters. The highest BCUT2D eigenvalue weighted by Gasteiger charge is 2.38. The van der Waals surface area contributed by atoms with Crippen molar-refractivity contribution in [2.24, 2.45) is 5.10 Å². The number of carboxylic acids is 1. The van der Waals surface area contributed by atoms with Crippen molar-refractivity contribution in [3.63, 3.8) is 0 Å². The number of hydrogen-bond donors (Lipinski definition) is 3. The molecule has 14 heteroatoms. The van der Waals surface area contributed by atoms with Crippen molar-refractivity contribution in [1.29, 1.82) is 0 Å². The molecule has 2 aliphatic heterocycles. The highest BCUT2D eigenvalue weighted by atomic mass is 19.4. The number of carboxylic acid groups (broad SMARTS) is 1. The van der Waals surface area contributed by atoms with Crippen LogP contribution in [0.25, 0.3) is 11.3 Å². The highest BCUT2D eigenvalue weighted by Crippen LogP contribution is 2.24. The Morgan fingerprint density at radius 2 is 1.83 bits per heavy atom. The van der Waals surface area contributed by atoms with Crippen LogP contribution in [0.3, 0.4) is 0 Å². The van der Waals surface area contributed by atoms with Crippen molar-refractivity contribution >= 4 is 29.7 Å². The molecule has 41 heavy (non-hydrogen) atoms. The fourth-order valence-corrected chi connectivity index (χ4v) is 4.12. The van der Waals surface area contributed by atoms with Gasteiger partial charge in [0.05, 0.1) is 36.4 Å². The molecule has 0 aliphatic carbocycles. The molecule has 0 bridgehead atoms. The zero-order valence-electron chi connectivity index (χ0n) is 21.9. The van der Waals surface area contributed by atoms with Gasteiger partial charge in [-0.05, 0) is 42.5 Å². The number of ether oxygens (including phenoxy) is 1. The lowest BCUT2D eigenvalue weighted by Gasteiger charge is -2.27. The first-order chi connectivity index (χ1) is 19.5. The van der Waals surface area contributed by atoms with Gasteiger partial charge in [0.1, 0.15) is 0 Å². The first-order valence-electron chi connectivity index (χ1n) is 12.5. The predicted octanol–water partition coefficient (Wildman–Crippen LogP) is 2.94. The lowest BCUT2D eigenvalue weighted by molar-refractivity contribution is -0.192. The van der Waals surface area contributed by atoms with Gasteiger partial charge < -0.3 is 25.0 Å². The molecule has 5 rings (SSSR count). The number of alkyl halides is 3. The zero-order valence-corrected chi connectivity index (χ0v) is 21.9. The quantitative estimate of drug-likeness (QED) is 0.316. The molecule has 1 saturated heterocycles. The van der Waals surface area contributed by atoms with Crippen LogP contribution in [-0.2, 0) is 16.0 Å². The first-order valence-corrected chi connectivity index (χ1v) is 12.5. The van der Waals surface area contributed by atoms with Crippen molar-refractivity contribution in [2.45, 2.75) is 12.6 Å². The van der Waals surface area contributed by atoms with Gasteiger partial charge in [-0.25, -0.2) is 4.79 Å². The smallest absolute Gasteiger partial charge is 0.475 e. The molecule has 2 amide bonds. The van der Waals surface area contributed by atoms with Crippen molar-refractivity contribution in [1.82, 2.24) is 20.2 Å². The van der Waals surface area contributed by atoms with Crippen LogP contribution in [0.2, 0.25) is 0 Å². The average Bonchev–Trinajstić information content (AvgIpc) is 3.42. The minimum absolute atomic E-state index is 0.0190. The van der Waals surface area contributed by atoms with Gasteiger partial charge in [0, 0.05) is 61.8 Å². The second kappa shape index (κ2) is 12.6. The van der Waals surface area contributed by atoms with Crippen LogP contribution >= 0.6 is 0 Å². The molecule has 4 heterocycles. The molecule has 2 aliphatic rings. The van der Waals surface area contributed by atoms with E-state index in [1.165, 1.54) is 0 Å². The summed E-state index contributed by atoms with van der Waals surface area (Å²) in [5, 5.41) is 16.2. The molecule has 2 aromatic heterocycles. The Balaban J connectivity index is 0.000000493. The number of carbonyl (C=O) groups is 3. The number of rotatable bonds is 5. The number of amides is 2. The summed E-state index contributed by atoms with van der Waals surface area (Å²) in [5.74, 6) is -2.78. The van der Waals surface area contributed by atoms with E-state index in [1.807, 2.05) is 54.4 Å². The third kappa shape index (κ3) is 7.48. The van der Waals surface area contributed by atoms with Crippen molar-refractivity contribution < 1.29 is 37.4 Å². The van der Waals surface area contributed by atoms with Gasteiger partial charge in [-0.1, -0.05) is 0 Å². The molecule has 3 N–H and O–H groups in total. The molecule has 1 fully saturated rings. The summed E-state index contributed by atoms with van der Waals surface area (Å²) in [7, 11) is 1.84. The summed E-state index contributed by atoms with van der Waals surface area (Å²) in [4.78, 5) is 43.1. The number of nitrogens with zero attached hydrogens (tertiary/aromatic N) is 4. The number of hydrazone groups is 1. The lowest BCUT2D eigenvalue weighted by Crippen LogP contribution is -2.40. The number of aromatic nitrogens is 2. The molecule has 0 radical (unpaired) electrons. The Morgan fingerprint density at radius 1 is 1.15 bits per heavy atom. The fraction of sp³-hybridized carbons (Fsp3) is 0.296. The topological polar surface area (TPSA) is 140 Å². The van der Waals surface area contributed by atoms with Crippen LogP contribution in [0.4, 0.5) is 18.9 Å². The zero-order chi connectivity index (χ0) is 29.6. The van der Waals surface area contributed by atoms with Crippen LogP contribution < -0.4 is 10.3 Å². The highest BCUT2D eigenvalue weighted by molar-refractivity contribution is 5.98. The number of fused-ring (bicyclic) bond motifs is 1. The Hall–Kier alpha value is -4.72. The molecular weight excluding hydrogens is 545 g/mol. The summed E-state index contributed by atoms with van der Waals surface area (Å²) in [6, 6.07) is 13.1. The van der Waals surface area contributed by atoms with Gasteiger partial charge in [0.2, 0.25) is 0 Å². The molecule has 0 atom stereocenters. The van der Waals surface area contributed by atoms with Crippen LogP contribution in [0.5, 0.6) is 0 Å². The van der Waals surface area contributed by atoms with Crippen LogP contribution in [-0.4, -0.2) is 90.0 Å². The number of nitrogens with one attached hydrogen (secondary N) is 2. The SMILES string of the molecule is CN(/N=C/c1cc(-c2cc3c([nH]2)CCNC3=O)ccn1)c1ccc(C(=O)N2CCOCC2)cc1.O=C(O)C(F)(F)F. The predicted molar refractivity (Wildman–Crippen MR) is 143 cm³/mol. The van der Waals surface area contributed by atoms with Crippen LogP contribution in [0.1, 0.15) is 32.1 Å². The fourth-order valence-electron chi connectivity index (χ4n) is 4.12. The summed E-state index contributed by atoms with van der Waals surface area (Å²) in [5.41, 5.74) is 5.68. The maximum Gasteiger partial charge on any atom is 0.490 e. The number of halogens is 3. The number of aromatic amines is 1. The molecule has 0 saturated carbocycles. The Kier molecular flexibility index (Phi) is 9.02. The number of aliphatic carboxylic acids is 1. The average molecular weight is 573 g/mol. The van der Waals surface area contributed by atoms with Gasteiger partial charge in [-0.3, -0.25) is 19.6 Å². The van der Waals surface area contributed by atoms with E-state index in [1.54, 1.807) is 17.4 Å². The minimum atomic E-state index is -5.08. The van der Waals surface area contributed by atoms with Gasteiger partial charge in [-0.15, -0.1) is 0 Å². The van der Waals surface area contributed by atoms with E-state index in [4.69, 9.17) is 14.6 Å². The normalized spacial score (nSPS) is 15.0.